The Hall–Kier alpha value is -3.41. The van der Waals surface area contributed by atoms with Crippen LogP contribution in [0, 0.1) is 5.41 Å². The lowest BCUT2D eigenvalue weighted by Gasteiger charge is -2.31. The van der Waals surface area contributed by atoms with E-state index >= 15 is 0 Å². The number of carbonyl (C=O) groups is 2. The van der Waals surface area contributed by atoms with Crippen molar-refractivity contribution in [2.45, 2.75) is 45.1 Å². The molecule has 0 N–H and O–H groups in total. The molecule has 0 unspecified atom stereocenters. The number of Topliss-reactive ketones (excluding diaryl/α,β-unsaturated/α-hetero) is 1. The number of rotatable bonds is 3. The molecule has 2 heterocycles. The molecule has 2 atom stereocenters. The zero-order valence-electron chi connectivity index (χ0n) is 18.7. The van der Waals surface area contributed by atoms with Crippen molar-refractivity contribution in [1.82, 2.24) is 0 Å². The molecule has 0 fully saturated rings. The smallest absolute Gasteiger partial charge is 0.298 e. The first-order valence-corrected chi connectivity index (χ1v) is 10.8. The van der Waals surface area contributed by atoms with E-state index in [-0.39, 0.29) is 17.1 Å². The summed E-state index contributed by atoms with van der Waals surface area (Å²) < 4.78 is 12.0. The third-order valence-corrected chi connectivity index (χ3v) is 6.58. The van der Waals surface area contributed by atoms with Crippen molar-refractivity contribution in [2.75, 3.05) is 12.1 Å². The fourth-order valence-electron chi connectivity index (χ4n) is 5.15. The molecule has 0 saturated heterocycles. The van der Waals surface area contributed by atoms with Crippen LogP contribution in [0.5, 0.6) is 5.75 Å². The van der Waals surface area contributed by atoms with E-state index in [0.29, 0.717) is 41.3 Å². The maximum atomic E-state index is 14.0. The summed E-state index contributed by atoms with van der Waals surface area (Å²) in [4.78, 5) is 27.4. The Kier molecular flexibility index (Phi) is 4.52. The van der Waals surface area contributed by atoms with E-state index in [1.807, 2.05) is 61.5 Å². The normalized spacial score (nSPS) is 26.3. The van der Waals surface area contributed by atoms with Gasteiger partial charge in [-0.3, -0.25) is 9.59 Å². The molecule has 32 heavy (non-hydrogen) atoms. The number of amides is 1. The Morgan fingerprint density at radius 3 is 2.53 bits per heavy atom. The predicted molar refractivity (Wildman–Crippen MR) is 122 cm³/mol. The highest BCUT2D eigenvalue weighted by Crippen LogP contribution is 2.56. The van der Waals surface area contributed by atoms with Crippen molar-refractivity contribution in [2.24, 2.45) is 10.5 Å². The fraction of sp³-hybridized carbons (Fsp3) is 0.346. The summed E-state index contributed by atoms with van der Waals surface area (Å²) in [6.07, 6.45) is 1.01. The third kappa shape index (κ3) is 2.89. The number of ether oxygens (including phenoxy) is 2. The molecular weight excluding hydrogens is 404 g/mol. The number of para-hydroxylation sites is 1. The number of hydrogen-bond donors (Lipinski definition) is 0. The topological polar surface area (TPSA) is 68.2 Å². The van der Waals surface area contributed by atoms with Gasteiger partial charge in [-0.05, 0) is 42.2 Å². The second-order valence-electron chi connectivity index (χ2n) is 9.46. The second-order valence-corrected chi connectivity index (χ2v) is 9.46. The Balaban J connectivity index is 1.69. The van der Waals surface area contributed by atoms with Crippen LogP contribution in [0.3, 0.4) is 0 Å². The van der Waals surface area contributed by atoms with E-state index in [4.69, 9.17) is 9.47 Å². The maximum Gasteiger partial charge on any atom is 0.298 e. The van der Waals surface area contributed by atoms with Gasteiger partial charge in [-0.25, -0.2) is 0 Å². The van der Waals surface area contributed by atoms with E-state index in [9.17, 15) is 9.59 Å². The van der Waals surface area contributed by atoms with Gasteiger partial charge in [0.25, 0.3) is 5.91 Å². The monoisotopic (exact) mass is 430 g/mol. The summed E-state index contributed by atoms with van der Waals surface area (Å²) in [5.74, 6) is 0.432. The lowest BCUT2D eigenvalue weighted by molar-refractivity contribution is -0.130. The largest absolute Gasteiger partial charge is 0.497 e. The summed E-state index contributed by atoms with van der Waals surface area (Å²) in [5, 5.41) is 6.02. The van der Waals surface area contributed by atoms with Crippen LogP contribution in [0.1, 0.15) is 45.1 Å². The van der Waals surface area contributed by atoms with Crippen LogP contribution in [0.15, 0.2) is 71.0 Å². The Morgan fingerprint density at radius 1 is 1.06 bits per heavy atom. The maximum absolute atomic E-state index is 14.0. The molecule has 3 aliphatic rings. The molecule has 5 rings (SSSR count). The van der Waals surface area contributed by atoms with Crippen LogP contribution >= 0.6 is 0 Å². The Morgan fingerprint density at radius 2 is 1.81 bits per heavy atom. The molecule has 0 bridgehead atoms. The highest BCUT2D eigenvalue weighted by Gasteiger charge is 2.65. The number of nitrogens with zero attached hydrogens (tertiary/aromatic N) is 2. The van der Waals surface area contributed by atoms with E-state index < -0.39 is 11.5 Å². The van der Waals surface area contributed by atoms with Gasteiger partial charge in [-0.2, -0.15) is 10.1 Å². The van der Waals surface area contributed by atoms with Crippen LogP contribution in [0.2, 0.25) is 0 Å². The molecule has 164 valence electrons. The van der Waals surface area contributed by atoms with Gasteiger partial charge >= 0.3 is 0 Å². The first-order valence-electron chi connectivity index (χ1n) is 10.8. The Bertz CT molecular complexity index is 1180. The van der Waals surface area contributed by atoms with Crippen molar-refractivity contribution in [3.8, 4) is 5.75 Å². The molecule has 0 saturated carbocycles. The second kappa shape index (κ2) is 7.05. The van der Waals surface area contributed by atoms with Gasteiger partial charge in [-0.1, -0.05) is 44.2 Å². The van der Waals surface area contributed by atoms with Gasteiger partial charge in [0, 0.05) is 18.4 Å². The molecule has 0 radical (unpaired) electrons. The van der Waals surface area contributed by atoms with Gasteiger partial charge in [0.2, 0.25) is 5.60 Å². The molecule has 2 aliphatic heterocycles. The average Bonchev–Trinajstić information content (AvgIpc) is 3.24. The average molecular weight is 431 g/mol. The van der Waals surface area contributed by atoms with Crippen LogP contribution < -0.4 is 9.75 Å². The number of benzene rings is 2. The van der Waals surface area contributed by atoms with Gasteiger partial charge in [0.05, 0.1) is 24.4 Å². The molecule has 2 aromatic carbocycles. The summed E-state index contributed by atoms with van der Waals surface area (Å²) in [6, 6.07) is 16.8. The molecule has 2 aromatic rings. The van der Waals surface area contributed by atoms with Crippen molar-refractivity contribution in [3.63, 3.8) is 0 Å². The zero-order valence-corrected chi connectivity index (χ0v) is 18.7. The summed E-state index contributed by atoms with van der Waals surface area (Å²) in [7, 11) is 1.60. The highest BCUT2D eigenvalue weighted by molar-refractivity contribution is 6.24. The summed E-state index contributed by atoms with van der Waals surface area (Å²) in [5.41, 5.74) is 0.989. The van der Waals surface area contributed by atoms with E-state index in [0.717, 1.165) is 5.56 Å². The lowest BCUT2D eigenvalue weighted by atomic mass is 9.69. The standard InChI is InChI=1S/C26H26N2O4/c1-16-26(24(30)28(27-16)18-10-6-5-7-11-18)23(17-9-8-12-19(13-17)31-4)22-20(29)14-25(2,3)15-21(22)32-26/h5-13,23H,14-15H2,1-4H3/t23-,26-/m0/s1. The number of hydrogen-bond acceptors (Lipinski definition) is 5. The van der Waals surface area contributed by atoms with Crippen molar-refractivity contribution in [3.05, 3.63) is 71.5 Å². The number of carbonyl (C=O) groups excluding carboxylic acids is 2. The number of hydrazone groups is 1. The van der Waals surface area contributed by atoms with Crippen molar-refractivity contribution >= 4 is 23.1 Å². The van der Waals surface area contributed by atoms with Crippen LogP contribution in [-0.2, 0) is 14.3 Å². The fourth-order valence-corrected chi connectivity index (χ4v) is 5.15. The number of anilines is 1. The molecule has 1 aliphatic carbocycles. The van der Waals surface area contributed by atoms with Gasteiger partial charge in [0.1, 0.15) is 11.5 Å². The number of allylic oxidation sites excluding steroid dienone is 1. The molecular formula is C26H26N2O4. The minimum Gasteiger partial charge on any atom is -0.497 e. The molecule has 1 spiro atoms. The van der Waals surface area contributed by atoms with E-state index in [2.05, 4.69) is 18.9 Å². The van der Waals surface area contributed by atoms with Gasteiger partial charge < -0.3 is 9.47 Å². The summed E-state index contributed by atoms with van der Waals surface area (Å²) in [6.45, 7) is 5.91. The van der Waals surface area contributed by atoms with Gasteiger partial charge in [-0.15, -0.1) is 0 Å². The lowest BCUT2D eigenvalue weighted by Crippen LogP contribution is -2.50. The van der Waals surface area contributed by atoms with E-state index in [1.54, 1.807) is 7.11 Å². The quantitative estimate of drug-likeness (QED) is 0.713. The number of methoxy groups -OCH3 is 1. The number of ketones is 1. The summed E-state index contributed by atoms with van der Waals surface area (Å²) >= 11 is 0. The van der Waals surface area contributed by atoms with Crippen LogP contribution in [0.4, 0.5) is 5.69 Å². The van der Waals surface area contributed by atoms with E-state index in [1.165, 1.54) is 5.01 Å². The zero-order chi connectivity index (χ0) is 22.7. The van der Waals surface area contributed by atoms with Crippen LogP contribution in [0.25, 0.3) is 0 Å². The first-order chi connectivity index (χ1) is 15.3. The predicted octanol–water partition coefficient (Wildman–Crippen LogP) is 4.61. The molecule has 6 nitrogen and oxygen atoms in total. The molecule has 6 heteroatoms. The third-order valence-electron chi connectivity index (χ3n) is 6.58. The van der Waals surface area contributed by atoms with Gasteiger partial charge in [0.15, 0.2) is 5.78 Å². The molecule has 1 amide bonds. The van der Waals surface area contributed by atoms with Crippen molar-refractivity contribution < 1.29 is 19.1 Å². The van der Waals surface area contributed by atoms with Crippen LogP contribution in [-0.4, -0.2) is 30.1 Å². The Labute approximate surface area is 187 Å². The minimum absolute atomic E-state index is 0.0275. The highest BCUT2D eigenvalue weighted by atomic mass is 16.5. The molecule has 0 aromatic heterocycles. The minimum atomic E-state index is -1.39. The SMILES string of the molecule is COc1cccc([C@H]2C3=C(CC(C)(C)CC3=O)O[C@]23C(=O)N(c2ccccc2)N=C3C)c1. The van der Waals surface area contributed by atoms with Crippen molar-refractivity contribution in [1.29, 1.82) is 0 Å². The first kappa shape index (κ1) is 20.5.